The van der Waals surface area contributed by atoms with Crippen LogP contribution in [-0.2, 0) is 11.3 Å². The van der Waals surface area contributed by atoms with Crippen LogP contribution in [0.4, 0.5) is 11.7 Å². The van der Waals surface area contributed by atoms with Gasteiger partial charge in [-0.15, -0.1) is 5.10 Å². The van der Waals surface area contributed by atoms with E-state index in [0.29, 0.717) is 11.6 Å². The van der Waals surface area contributed by atoms with Gasteiger partial charge >= 0.3 is 6.01 Å². The monoisotopic (exact) mass is 222 g/mol. The molecule has 8 heteroatoms. The number of aromatic nitrogens is 4. The maximum absolute atomic E-state index is 11.5. The topological polar surface area (TPSA) is 112 Å². The lowest BCUT2D eigenvalue weighted by atomic mass is 10.5. The van der Waals surface area contributed by atoms with Crippen LogP contribution in [0.15, 0.2) is 16.8 Å². The van der Waals surface area contributed by atoms with E-state index in [2.05, 4.69) is 20.6 Å². The Morgan fingerprint density at radius 1 is 1.62 bits per heavy atom. The standard InChI is InChI=1S/C8H10N6O2/c1-5-12-13-8(16-5)11-7(15)4-14-3-6(9)2-10-14/h2-3H,4,9H2,1H3,(H,11,13,15). The van der Waals surface area contributed by atoms with E-state index in [-0.39, 0.29) is 18.5 Å². The summed E-state index contributed by atoms with van der Waals surface area (Å²) in [5.74, 6) is 0.0744. The van der Waals surface area contributed by atoms with Gasteiger partial charge in [-0.25, -0.2) is 0 Å². The fourth-order valence-corrected chi connectivity index (χ4v) is 1.12. The van der Waals surface area contributed by atoms with Gasteiger partial charge in [-0.3, -0.25) is 14.8 Å². The summed E-state index contributed by atoms with van der Waals surface area (Å²) in [5.41, 5.74) is 5.96. The van der Waals surface area contributed by atoms with E-state index in [4.69, 9.17) is 10.2 Å². The minimum atomic E-state index is -0.313. The van der Waals surface area contributed by atoms with E-state index >= 15 is 0 Å². The molecule has 0 aliphatic carbocycles. The van der Waals surface area contributed by atoms with Crippen LogP contribution < -0.4 is 11.1 Å². The molecule has 0 radical (unpaired) electrons. The number of amides is 1. The van der Waals surface area contributed by atoms with Crippen molar-refractivity contribution in [2.45, 2.75) is 13.5 Å². The molecule has 2 aromatic rings. The Balaban J connectivity index is 1.94. The lowest BCUT2D eigenvalue weighted by molar-refractivity contribution is -0.117. The predicted octanol–water partition coefficient (Wildman–Crippen LogP) is -0.205. The molecule has 2 aromatic heterocycles. The van der Waals surface area contributed by atoms with Crippen LogP contribution in [0.2, 0.25) is 0 Å². The number of rotatable bonds is 3. The first-order valence-corrected chi connectivity index (χ1v) is 4.51. The molecule has 0 atom stereocenters. The van der Waals surface area contributed by atoms with Gasteiger partial charge in [-0.2, -0.15) is 5.10 Å². The van der Waals surface area contributed by atoms with Gasteiger partial charge in [-0.1, -0.05) is 5.10 Å². The number of hydrogen-bond acceptors (Lipinski definition) is 6. The van der Waals surface area contributed by atoms with Gasteiger partial charge in [0, 0.05) is 13.1 Å². The van der Waals surface area contributed by atoms with Crippen molar-refractivity contribution in [3.8, 4) is 0 Å². The van der Waals surface area contributed by atoms with E-state index in [1.165, 1.54) is 10.9 Å². The van der Waals surface area contributed by atoms with E-state index in [1.54, 1.807) is 13.1 Å². The van der Waals surface area contributed by atoms with Crippen LogP contribution in [0.1, 0.15) is 5.89 Å². The maximum atomic E-state index is 11.5. The number of nitrogen functional groups attached to an aromatic ring is 1. The third kappa shape index (κ3) is 2.35. The summed E-state index contributed by atoms with van der Waals surface area (Å²) in [6.07, 6.45) is 3.02. The highest BCUT2D eigenvalue weighted by Crippen LogP contribution is 2.04. The van der Waals surface area contributed by atoms with E-state index in [0.717, 1.165) is 0 Å². The predicted molar refractivity (Wildman–Crippen MR) is 54.3 cm³/mol. The first-order valence-electron chi connectivity index (χ1n) is 4.51. The van der Waals surface area contributed by atoms with Gasteiger partial charge in [-0.05, 0) is 0 Å². The van der Waals surface area contributed by atoms with Gasteiger partial charge < -0.3 is 10.2 Å². The maximum Gasteiger partial charge on any atom is 0.322 e. The summed E-state index contributed by atoms with van der Waals surface area (Å²) in [6.45, 7) is 1.68. The molecule has 0 aromatic carbocycles. The molecular formula is C8H10N6O2. The molecule has 1 amide bonds. The quantitative estimate of drug-likeness (QED) is 0.743. The van der Waals surface area contributed by atoms with Crippen molar-refractivity contribution in [2.24, 2.45) is 0 Å². The molecule has 0 fully saturated rings. The molecule has 16 heavy (non-hydrogen) atoms. The zero-order valence-corrected chi connectivity index (χ0v) is 8.54. The Hall–Kier alpha value is -2.38. The third-order valence-corrected chi connectivity index (χ3v) is 1.73. The van der Waals surface area contributed by atoms with Crippen LogP contribution >= 0.6 is 0 Å². The van der Waals surface area contributed by atoms with E-state index in [9.17, 15) is 4.79 Å². The van der Waals surface area contributed by atoms with Crippen LogP contribution in [0.3, 0.4) is 0 Å². The van der Waals surface area contributed by atoms with E-state index < -0.39 is 0 Å². The number of nitrogens with one attached hydrogen (secondary N) is 1. The fourth-order valence-electron chi connectivity index (χ4n) is 1.12. The molecule has 0 unspecified atom stereocenters. The highest BCUT2D eigenvalue weighted by Gasteiger charge is 2.08. The Labute approximate surface area is 90.4 Å². The Morgan fingerprint density at radius 3 is 3.00 bits per heavy atom. The lowest BCUT2D eigenvalue weighted by Crippen LogP contribution is -2.19. The van der Waals surface area contributed by atoms with Crippen molar-refractivity contribution in [3.05, 3.63) is 18.3 Å². The summed E-state index contributed by atoms with van der Waals surface area (Å²) in [6, 6.07) is 0.0719. The molecule has 2 heterocycles. The SMILES string of the molecule is Cc1nnc(NC(=O)Cn2cc(N)cn2)o1. The van der Waals surface area contributed by atoms with Gasteiger partial charge in [0.05, 0.1) is 11.9 Å². The average molecular weight is 222 g/mol. The smallest absolute Gasteiger partial charge is 0.322 e. The minimum absolute atomic E-state index is 0.0403. The Bertz CT molecular complexity index is 458. The van der Waals surface area contributed by atoms with Gasteiger partial charge in [0.2, 0.25) is 11.8 Å². The minimum Gasteiger partial charge on any atom is -0.408 e. The summed E-state index contributed by atoms with van der Waals surface area (Å²) in [7, 11) is 0. The number of carbonyl (C=O) groups is 1. The average Bonchev–Trinajstić information content (AvgIpc) is 2.76. The second-order valence-electron chi connectivity index (χ2n) is 3.15. The number of nitrogens with zero attached hydrogens (tertiary/aromatic N) is 4. The second kappa shape index (κ2) is 4.01. The molecule has 84 valence electrons. The van der Waals surface area contributed by atoms with Crippen LogP contribution in [-0.4, -0.2) is 25.9 Å². The van der Waals surface area contributed by atoms with Crippen molar-refractivity contribution in [1.29, 1.82) is 0 Å². The second-order valence-corrected chi connectivity index (χ2v) is 3.15. The number of anilines is 2. The first-order chi connectivity index (χ1) is 7.63. The van der Waals surface area contributed by atoms with Crippen molar-refractivity contribution in [2.75, 3.05) is 11.1 Å². The molecule has 2 rings (SSSR count). The Morgan fingerprint density at radius 2 is 2.44 bits per heavy atom. The number of hydrogen-bond donors (Lipinski definition) is 2. The largest absolute Gasteiger partial charge is 0.408 e. The molecule has 3 N–H and O–H groups in total. The number of carbonyl (C=O) groups excluding carboxylic acids is 1. The van der Waals surface area contributed by atoms with Crippen molar-refractivity contribution >= 4 is 17.6 Å². The summed E-state index contributed by atoms with van der Waals surface area (Å²) < 4.78 is 6.40. The molecule has 0 spiro atoms. The lowest BCUT2D eigenvalue weighted by Gasteiger charge is -1.99. The molecule has 0 saturated carbocycles. The summed E-state index contributed by atoms with van der Waals surface area (Å²) >= 11 is 0. The molecule has 0 aliphatic heterocycles. The van der Waals surface area contributed by atoms with Crippen molar-refractivity contribution in [3.63, 3.8) is 0 Å². The summed E-state index contributed by atoms with van der Waals surface area (Å²) in [4.78, 5) is 11.5. The first kappa shape index (κ1) is 10.1. The van der Waals surface area contributed by atoms with Crippen LogP contribution in [0.25, 0.3) is 0 Å². The van der Waals surface area contributed by atoms with Gasteiger partial charge in [0.25, 0.3) is 0 Å². The third-order valence-electron chi connectivity index (χ3n) is 1.73. The molecule has 0 saturated heterocycles. The zero-order valence-electron chi connectivity index (χ0n) is 8.54. The number of aryl methyl sites for hydroxylation is 1. The highest BCUT2D eigenvalue weighted by molar-refractivity contribution is 5.88. The molecule has 0 bridgehead atoms. The van der Waals surface area contributed by atoms with Gasteiger partial charge in [0.1, 0.15) is 6.54 Å². The van der Waals surface area contributed by atoms with E-state index in [1.807, 2.05) is 0 Å². The van der Waals surface area contributed by atoms with Crippen LogP contribution in [0, 0.1) is 6.92 Å². The van der Waals surface area contributed by atoms with Crippen molar-refractivity contribution < 1.29 is 9.21 Å². The number of nitrogens with two attached hydrogens (primary N) is 1. The normalized spacial score (nSPS) is 10.3. The fraction of sp³-hybridized carbons (Fsp3) is 0.250. The highest BCUT2D eigenvalue weighted by atomic mass is 16.4. The van der Waals surface area contributed by atoms with Crippen molar-refractivity contribution in [1.82, 2.24) is 20.0 Å². The summed E-state index contributed by atoms with van der Waals surface area (Å²) in [5, 5.41) is 13.5. The van der Waals surface area contributed by atoms with Crippen LogP contribution in [0.5, 0.6) is 0 Å². The molecule has 0 aliphatic rings. The molecule has 8 nitrogen and oxygen atoms in total. The zero-order chi connectivity index (χ0) is 11.5. The Kier molecular flexibility index (Phi) is 2.54. The molecular weight excluding hydrogens is 212 g/mol. The van der Waals surface area contributed by atoms with Gasteiger partial charge in [0.15, 0.2) is 0 Å².